The zero-order chi connectivity index (χ0) is 19.5. The zero-order valence-electron chi connectivity index (χ0n) is 17.6. The second-order valence-corrected chi connectivity index (χ2v) is 8.59. The Bertz CT molecular complexity index is 526. The molecule has 2 atom stereocenters. The molecule has 2 unspecified atom stereocenters. The van der Waals surface area contributed by atoms with Gasteiger partial charge in [-0.3, -0.25) is 14.7 Å². The SMILES string of the molecule is CN=C(NC1CC(C)(OC)C1(C)C)N1CCN(CC(=O)NC(C)C)CC1. The Labute approximate surface area is 158 Å². The van der Waals surface area contributed by atoms with E-state index in [-0.39, 0.29) is 23.0 Å². The lowest BCUT2D eigenvalue weighted by molar-refractivity contribution is -0.177. The first-order valence-corrected chi connectivity index (χ1v) is 9.68. The van der Waals surface area contributed by atoms with Gasteiger partial charge in [-0.05, 0) is 27.2 Å². The van der Waals surface area contributed by atoms with Crippen molar-refractivity contribution in [3.05, 3.63) is 0 Å². The Hall–Kier alpha value is -1.34. The number of carbonyl (C=O) groups is 1. The summed E-state index contributed by atoms with van der Waals surface area (Å²) in [6.45, 7) is 14.6. The highest BCUT2D eigenvalue weighted by Gasteiger charge is 2.58. The van der Waals surface area contributed by atoms with Crippen LogP contribution >= 0.6 is 0 Å². The molecule has 1 amide bonds. The summed E-state index contributed by atoms with van der Waals surface area (Å²) in [5, 5.41) is 6.59. The van der Waals surface area contributed by atoms with Crippen LogP contribution in [0, 0.1) is 5.41 Å². The van der Waals surface area contributed by atoms with E-state index in [4.69, 9.17) is 4.74 Å². The third kappa shape index (κ3) is 4.31. The Morgan fingerprint density at radius 3 is 2.31 bits per heavy atom. The van der Waals surface area contributed by atoms with Crippen molar-refractivity contribution >= 4 is 11.9 Å². The monoisotopic (exact) mass is 367 g/mol. The highest BCUT2D eigenvalue weighted by atomic mass is 16.5. The fourth-order valence-electron chi connectivity index (χ4n) is 3.86. The minimum atomic E-state index is -0.0913. The van der Waals surface area contributed by atoms with E-state index in [0.717, 1.165) is 38.6 Å². The molecule has 1 saturated heterocycles. The quantitative estimate of drug-likeness (QED) is 0.558. The Balaban J connectivity index is 1.83. The second kappa shape index (κ2) is 8.13. The van der Waals surface area contributed by atoms with Crippen molar-refractivity contribution in [2.75, 3.05) is 46.9 Å². The van der Waals surface area contributed by atoms with Crippen LogP contribution < -0.4 is 10.6 Å². The number of aliphatic imine (C=N–C) groups is 1. The maximum atomic E-state index is 11.9. The highest BCUT2D eigenvalue weighted by Crippen LogP contribution is 2.51. The van der Waals surface area contributed by atoms with Crippen LogP contribution in [0.25, 0.3) is 0 Å². The molecular formula is C19H37N5O2. The summed E-state index contributed by atoms with van der Waals surface area (Å²) in [6.07, 6.45) is 0.977. The van der Waals surface area contributed by atoms with Crippen LogP contribution in [0.4, 0.5) is 0 Å². The first-order chi connectivity index (χ1) is 12.1. The van der Waals surface area contributed by atoms with Crippen LogP contribution in [0.1, 0.15) is 41.0 Å². The lowest BCUT2D eigenvalue weighted by atomic mass is 9.56. The van der Waals surface area contributed by atoms with Crippen LogP contribution in [0.2, 0.25) is 0 Å². The molecule has 1 aliphatic carbocycles. The predicted molar refractivity (Wildman–Crippen MR) is 105 cm³/mol. The molecule has 1 saturated carbocycles. The molecule has 1 heterocycles. The Morgan fingerprint density at radius 2 is 1.85 bits per heavy atom. The molecule has 2 aliphatic rings. The van der Waals surface area contributed by atoms with Crippen molar-refractivity contribution in [1.82, 2.24) is 20.4 Å². The number of nitrogens with zero attached hydrogens (tertiary/aromatic N) is 3. The number of methoxy groups -OCH3 is 1. The van der Waals surface area contributed by atoms with Crippen molar-refractivity contribution in [3.8, 4) is 0 Å². The largest absolute Gasteiger partial charge is 0.378 e. The molecule has 2 fully saturated rings. The summed E-state index contributed by atoms with van der Waals surface area (Å²) >= 11 is 0. The molecule has 0 radical (unpaired) electrons. The molecule has 26 heavy (non-hydrogen) atoms. The van der Waals surface area contributed by atoms with E-state index in [1.807, 2.05) is 20.9 Å². The summed E-state index contributed by atoms with van der Waals surface area (Å²) in [4.78, 5) is 20.9. The molecule has 2 N–H and O–H groups in total. The first-order valence-electron chi connectivity index (χ1n) is 9.68. The van der Waals surface area contributed by atoms with Gasteiger partial charge in [0.1, 0.15) is 0 Å². The zero-order valence-corrected chi connectivity index (χ0v) is 17.6. The van der Waals surface area contributed by atoms with Crippen LogP contribution in [0.15, 0.2) is 4.99 Å². The molecular weight excluding hydrogens is 330 g/mol. The van der Waals surface area contributed by atoms with E-state index in [9.17, 15) is 4.79 Å². The number of hydrogen-bond acceptors (Lipinski definition) is 4. The topological polar surface area (TPSA) is 69.2 Å². The fourth-order valence-corrected chi connectivity index (χ4v) is 3.86. The number of nitrogens with one attached hydrogen (secondary N) is 2. The summed E-state index contributed by atoms with van der Waals surface area (Å²) in [5.74, 6) is 1.05. The predicted octanol–water partition coefficient (Wildman–Crippen LogP) is 0.908. The van der Waals surface area contributed by atoms with Gasteiger partial charge in [0.25, 0.3) is 0 Å². The third-order valence-corrected chi connectivity index (χ3v) is 6.28. The summed E-state index contributed by atoms with van der Waals surface area (Å²) in [7, 11) is 3.63. The van der Waals surface area contributed by atoms with Gasteiger partial charge < -0.3 is 20.3 Å². The average molecular weight is 368 g/mol. The minimum absolute atomic E-state index is 0.0500. The summed E-state index contributed by atoms with van der Waals surface area (Å²) < 4.78 is 5.72. The fraction of sp³-hybridized carbons (Fsp3) is 0.895. The number of hydrogen-bond donors (Lipinski definition) is 2. The molecule has 0 bridgehead atoms. The lowest BCUT2D eigenvalue weighted by Crippen LogP contribution is -2.70. The molecule has 0 aromatic heterocycles. The molecule has 7 nitrogen and oxygen atoms in total. The molecule has 1 aliphatic heterocycles. The second-order valence-electron chi connectivity index (χ2n) is 8.59. The van der Waals surface area contributed by atoms with E-state index in [2.05, 4.69) is 46.2 Å². The summed E-state index contributed by atoms with van der Waals surface area (Å²) in [6, 6.07) is 0.538. The lowest BCUT2D eigenvalue weighted by Gasteiger charge is -2.59. The van der Waals surface area contributed by atoms with E-state index >= 15 is 0 Å². The maximum Gasteiger partial charge on any atom is 0.234 e. The average Bonchev–Trinajstić information content (AvgIpc) is 2.58. The van der Waals surface area contributed by atoms with Gasteiger partial charge in [-0.25, -0.2) is 0 Å². The van der Waals surface area contributed by atoms with Gasteiger partial charge in [-0.15, -0.1) is 0 Å². The van der Waals surface area contributed by atoms with E-state index in [1.54, 1.807) is 7.11 Å². The Morgan fingerprint density at radius 1 is 1.23 bits per heavy atom. The van der Waals surface area contributed by atoms with Gasteiger partial charge in [0.2, 0.25) is 5.91 Å². The standard InChI is InChI=1S/C19H37N5O2/c1-14(2)21-16(25)13-23-8-10-24(11-9-23)17(20-6)22-15-12-19(5,26-7)18(15,3)4/h14-15H,8-13H2,1-7H3,(H,20,22)(H,21,25). The van der Waals surface area contributed by atoms with E-state index in [0.29, 0.717) is 12.6 Å². The summed E-state index contributed by atoms with van der Waals surface area (Å²) in [5.41, 5.74) is -0.0412. The minimum Gasteiger partial charge on any atom is -0.378 e. The van der Waals surface area contributed by atoms with Gasteiger partial charge in [0, 0.05) is 57.8 Å². The van der Waals surface area contributed by atoms with Crippen molar-refractivity contribution in [2.24, 2.45) is 10.4 Å². The normalized spacial score (nSPS) is 29.5. The first kappa shape index (κ1) is 21.0. The number of rotatable bonds is 5. The number of guanidine groups is 1. The van der Waals surface area contributed by atoms with Gasteiger partial charge in [-0.1, -0.05) is 13.8 Å². The van der Waals surface area contributed by atoms with Crippen LogP contribution in [-0.2, 0) is 9.53 Å². The third-order valence-electron chi connectivity index (χ3n) is 6.28. The van der Waals surface area contributed by atoms with Gasteiger partial charge >= 0.3 is 0 Å². The van der Waals surface area contributed by atoms with Crippen LogP contribution in [0.5, 0.6) is 0 Å². The maximum absolute atomic E-state index is 11.9. The smallest absolute Gasteiger partial charge is 0.234 e. The number of ether oxygens (including phenoxy) is 1. The molecule has 0 spiro atoms. The highest BCUT2D eigenvalue weighted by molar-refractivity contribution is 5.81. The van der Waals surface area contributed by atoms with E-state index < -0.39 is 0 Å². The van der Waals surface area contributed by atoms with Gasteiger partial charge in [-0.2, -0.15) is 0 Å². The number of amides is 1. The van der Waals surface area contributed by atoms with Crippen molar-refractivity contribution in [1.29, 1.82) is 0 Å². The van der Waals surface area contributed by atoms with Crippen molar-refractivity contribution < 1.29 is 9.53 Å². The van der Waals surface area contributed by atoms with Crippen molar-refractivity contribution in [3.63, 3.8) is 0 Å². The van der Waals surface area contributed by atoms with Crippen molar-refractivity contribution in [2.45, 2.75) is 58.7 Å². The van der Waals surface area contributed by atoms with Crippen LogP contribution in [0.3, 0.4) is 0 Å². The van der Waals surface area contributed by atoms with Gasteiger partial charge in [0.15, 0.2) is 5.96 Å². The Kier molecular flexibility index (Phi) is 6.55. The molecule has 0 aromatic carbocycles. The van der Waals surface area contributed by atoms with E-state index in [1.165, 1.54) is 0 Å². The molecule has 0 aromatic rings. The van der Waals surface area contributed by atoms with Gasteiger partial charge in [0.05, 0.1) is 12.1 Å². The number of piperazine rings is 1. The number of carbonyl (C=O) groups excluding carboxylic acids is 1. The molecule has 150 valence electrons. The molecule has 7 heteroatoms. The molecule has 2 rings (SSSR count). The van der Waals surface area contributed by atoms with Crippen LogP contribution in [-0.4, -0.2) is 86.2 Å².